The summed E-state index contributed by atoms with van der Waals surface area (Å²) < 4.78 is 4.96. The van der Waals surface area contributed by atoms with Crippen LogP contribution in [0, 0.1) is 5.92 Å². The highest BCUT2D eigenvalue weighted by Crippen LogP contribution is 2.17. The largest absolute Gasteiger partial charge is 0.466 e. The van der Waals surface area contributed by atoms with Crippen molar-refractivity contribution >= 4 is 17.7 Å². The molecule has 1 aromatic rings. The number of hydrogen-bond acceptors (Lipinski definition) is 3. The molecule has 2 amide bonds. The molecule has 0 saturated carbocycles. The molecular formula is C17H26N2O3. The molecule has 0 aliphatic carbocycles. The Kier molecular flexibility index (Phi) is 7.43. The molecular weight excluding hydrogens is 280 g/mol. The molecule has 0 aliphatic rings. The molecule has 0 spiro atoms. The van der Waals surface area contributed by atoms with E-state index in [0.717, 1.165) is 12.0 Å². The molecule has 5 heteroatoms. The number of esters is 1. The van der Waals surface area contributed by atoms with Gasteiger partial charge in [0.1, 0.15) is 0 Å². The van der Waals surface area contributed by atoms with Gasteiger partial charge in [0.15, 0.2) is 0 Å². The molecule has 1 aromatic carbocycles. The van der Waals surface area contributed by atoms with Crippen LogP contribution in [0.4, 0.5) is 10.5 Å². The highest BCUT2D eigenvalue weighted by atomic mass is 16.5. The summed E-state index contributed by atoms with van der Waals surface area (Å²) in [5.74, 6) is 0.155. The Hall–Kier alpha value is -2.04. The number of nitrogens with zero attached hydrogens (tertiary/aromatic N) is 1. The van der Waals surface area contributed by atoms with Gasteiger partial charge in [0.25, 0.3) is 0 Å². The van der Waals surface area contributed by atoms with Crippen molar-refractivity contribution in [3.05, 3.63) is 29.8 Å². The van der Waals surface area contributed by atoms with Crippen molar-refractivity contribution in [3.63, 3.8) is 0 Å². The lowest BCUT2D eigenvalue weighted by atomic mass is 10.1. The molecule has 0 bridgehead atoms. The summed E-state index contributed by atoms with van der Waals surface area (Å²) in [5.41, 5.74) is 1.41. The van der Waals surface area contributed by atoms with Crippen LogP contribution in [0.2, 0.25) is 0 Å². The first-order valence-electron chi connectivity index (χ1n) is 7.73. The summed E-state index contributed by atoms with van der Waals surface area (Å²) in [6, 6.07) is 7.12. The molecule has 0 unspecified atom stereocenters. The summed E-state index contributed by atoms with van der Waals surface area (Å²) >= 11 is 0. The van der Waals surface area contributed by atoms with E-state index in [1.54, 1.807) is 24.9 Å². The number of nitrogens with one attached hydrogen (secondary N) is 1. The molecule has 1 rings (SSSR count). The maximum atomic E-state index is 12.2. The van der Waals surface area contributed by atoms with Gasteiger partial charge in [-0.15, -0.1) is 0 Å². The fourth-order valence-corrected chi connectivity index (χ4v) is 2.05. The fraction of sp³-hybridized carbons (Fsp3) is 0.529. The molecule has 5 nitrogen and oxygen atoms in total. The van der Waals surface area contributed by atoms with Gasteiger partial charge in [-0.3, -0.25) is 4.79 Å². The topological polar surface area (TPSA) is 58.6 Å². The second-order valence-corrected chi connectivity index (χ2v) is 5.46. The Morgan fingerprint density at radius 1 is 1.27 bits per heavy atom. The summed E-state index contributed by atoms with van der Waals surface area (Å²) in [7, 11) is 1.77. The lowest BCUT2D eigenvalue weighted by molar-refractivity contribution is -0.142. The number of anilines is 1. The van der Waals surface area contributed by atoms with Gasteiger partial charge < -0.3 is 15.0 Å². The zero-order valence-corrected chi connectivity index (χ0v) is 13.9. The molecule has 0 aromatic heterocycles. The molecule has 0 fully saturated rings. The standard InChI is InChI=1S/C17H26N2O3/c1-5-13(3)12-19(4)17(21)18-15-10-8-7-9-14(15)11-16(20)22-6-2/h7-10,13H,5-6,11-12H2,1-4H3,(H,18,21)/t13-/m1/s1. The van der Waals surface area contributed by atoms with Crippen LogP contribution in [-0.2, 0) is 16.0 Å². The Morgan fingerprint density at radius 2 is 1.95 bits per heavy atom. The Balaban J connectivity index is 2.72. The van der Waals surface area contributed by atoms with Crippen LogP contribution in [0.5, 0.6) is 0 Å². The Morgan fingerprint density at radius 3 is 2.59 bits per heavy atom. The number of carbonyl (C=O) groups is 2. The van der Waals surface area contributed by atoms with Crippen LogP contribution in [0.15, 0.2) is 24.3 Å². The molecule has 0 radical (unpaired) electrons. The van der Waals surface area contributed by atoms with E-state index in [-0.39, 0.29) is 18.4 Å². The van der Waals surface area contributed by atoms with E-state index in [1.165, 1.54) is 0 Å². The summed E-state index contributed by atoms with van der Waals surface area (Å²) in [4.78, 5) is 25.5. The van der Waals surface area contributed by atoms with Gasteiger partial charge in [0.2, 0.25) is 0 Å². The number of hydrogen-bond donors (Lipinski definition) is 1. The van der Waals surface area contributed by atoms with Gasteiger partial charge in [-0.05, 0) is 24.5 Å². The van der Waals surface area contributed by atoms with Gasteiger partial charge >= 0.3 is 12.0 Å². The normalized spacial score (nSPS) is 11.6. The second-order valence-electron chi connectivity index (χ2n) is 5.46. The zero-order valence-electron chi connectivity index (χ0n) is 13.9. The van der Waals surface area contributed by atoms with E-state index in [4.69, 9.17) is 4.74 Å². The van der Waals surface area contributed by atoms with Crippen molar-refractivity contribution in [1.29, 1.82) is 0 Å². The predicted octanol–water partition coefficient (Wildman–Crippen LogP) is 3.30. The van der Waals surface area contributed by atoms with Gasteiger partial charge in [0.05, 0.1) is 13.0 Å². The molecule has 0 heterocycles. The van der Waals surface area contributed by atoms with E-state index in [0.29, 0.717) is 24.8 Å². The highest BCUT2D eigenvalue weighted by Gasteiger charge is 2.14. The van der Waals surface area contributed by atoms with E-state index >= 15 is 0 Å². The number of benzene rings is 1. The number of para-hydroxylation sites is 1. The third-order valence-electron chi connectivity index (χ3n) is 3.53. The second kappa shape index (κ2) is 9.07. The van der Waals surface area contributed by atoms with Crippen LogP contribution in [0.1, 0.15) is 32.8 Å². The Bertz CT molecular complexity index is 502. The third-order valence-corrected chi connectivity index (χ3v) is 3.53. The molecule has 22 heavy (non-hydrogen) atoms. The molecule has 0 saturated heterocycles. The molecule has 1 atom stereocenters. The SMILES string of the molecule is CCOC(=O)Cc1ccccc1NC(=O)N(C)C[C@H](C)CC. The van der Waals surface area contributed by atoms with Crippen LogP contribution >= 0.6 is 0 Å². The van der Waals surface area contributed by atoms with E-state index in [2.05, 4.69) is 19.2 Å². The Labute approximate surface area is 132 Å². The minimum Gasteiger partial charge on any atom is -0.466 e. The minimum absolute atomic E-state index is 0.152. The monoisotopic (exact) mass is 306 g/mol. The highest BCUT2D eigenvalue weighted by molar-refractivity contribution is 5.91. The number of amides is 2. The number of rotatable bonds is 7. The van der Waals surface area contributed by atoms with E-state index < -0.39 is 0 Å². The third kappa shape index (κ3) is 5.76. The maximum absolute atomic E-state index is 12.2. The molecule has 122 valence electrons. The van der Waals surface area contributed by atoms with Gasteiger partial charge in [-0.2, -0.15) is 0 Å². The van der Waals surface area contributed by atoms with Crippen LogP contribution < -0.4 is 5.32 Å². The van der Waals surface area contributed by atoms with Crippen molar-refractivity contribution < 1.29 is 14.3 Å². The quantitative estimate of drug-likeness (QED) is 0.786. The van der Waals surface area contributed by atoms with Gasteiger partial charge in [-0.25, -0.2) is 4.79 Å². The average molecular weight is 306 g/mol. The summed E-state index contributed by atoms with van der Waals surface area (Å²) in [6.45, 7) is 7.03. The first-order chi connectivity index (χ1) is 10.5. The smallest absolute Gasteiger partial charge is 0.321 e. The van der Waals surface area contributed by atoms with Gasteiger partial charge in [-0.1, -0.05) is 38.5 Å². The maximum Gasteiger partial charge on any atom is 0.321 e. The lowest BCUT2D eigenvalue weighted by Gasteiger charge is -2.22. The van der Waals surface area contributed by atoms with Crippen LogP contribution in [0.25, 0.3) is 0 Å². The number of urea groups is 1. The number of carbonyl (C=O) groups excluding carboxylic acids is 2. The molecule has 1 N–H and O–H groups in total. The van der Waals surface area contributed by atoms with Crippen molar-refractivity contribution in [2.24, 2.45) is 5.92 Å². The summed E-state index contributed by atoms with van der Waals surface area (Å²) in [5, 5.41) is 2.87. The molecule has 0 aliphatic heterocycles. The van der Waals surface area contributed by atoms with Crippen molar-refractivity contribution in [3.8, 4) is 0 Å². The van der Waals surface area contributed by atoms with Crippen molar-refractivity contribution in [2.75, 3.05) is 25.5 Å². The minimum atomic E-state index is -0.294. The lowest BCUT2D eigenvalue weighted by Crippen LogP contribution is -2.34. The number of ether oxygens (including phenoxy) is 1. The first kappa shape index (κ1) is 18.0. The van der Waals surface area contributed by atoms with Gasteiger partial charge in [0, 0.05) is 19.3 Å². The predicted molar refractivity (Wildman–Crippen MR) is 87.9 cm³/mol. The summed E-state index contributed by atoms with van der Waals surface area (Å²) in [6.07, 6.45) is 1.18. The van der Waals surface area contributed by atoms with Crippen molar-refractivity contribution in [2.45, 2.75) is 33.6 Å². The first-order valence-corrected chi connectivity index (χ1v) is 7.73. The van der Waals surface area contributed by atoms with E-state index in [1.807, 2.05) is 18.2 Å². The zero-order chi connectivity index (χ0) is 16.5. The average Bonchev–Trinajstić information content (AvgIpc) is 2.49. The van der Waals surface area contributed by atoms with Crippen LogP contribution in [-0.4, -0.2) is 37.1 Å². The van der Waals surface area contributed by atoms with Crippen LogP contribution in [0.3, 0.4) is 0 Å². The van der Waals surface area contributed by atoms with Crippen molar-refractivity contribution in [1.82, 2.24) is 4.90 Å². The van der Waals surface area contributed by atoms with E-state index in [9.17, 15) is 9.59 Å². The fourth-order valence-electron chi connectivity index (χ4n) is 2.05.